The van der Waals surface area contributed by atoms with E-state index in [4.69, 9.17) is 11.2 Å². The maximum absolute atomic E-state index is 12.2. The van der Waals surface area contributed by atoms with E-state index in [0.29, 0.717) is 17.0 Å². The Labute approximate surface area is 161 Å². The highest BCUT2D eigenvalue weighted by molar-refractivity contribution is 5.80. The first-order valence-corrected chi connectivity index (χ1v) is 8.26. The van der Waals surface area contributed by atoms with Crippen LogP contribution in [0.3, 0.4) is 0 Å². The number of nitrogens with one attached hydrogen (secondary N) is 2. The molecule has 3 aromatic rings. The number of terminal acetylenes is 1. The molecule has 0 fully saturated rings. The van der Waals surface area contributed by atoms with Crippen molar-refractivity contribution in [3.63, 3.8) is 0 Å². The predicted molar refractivity (Wildman–Crippen MR) is 107 cm³/mol. The molecule has 136 valence electrons. The van der Waals surface area contributed by atoms with Crippen LogP contribution in [0.15, 0.2) is 64.5 Å². The molecule has 2 aromatic carbocycles. The number of H-pyrrole nitrogens is 1. The van der Waals surface area contributed by atoms with Crippen LogP contribution in [0.25, 0.3) is 11.3 Å². The van der Waals surface area contributed by atoms with E-state index in [1.165, 1.54) is 0 Å². The maximum Gasteiger partial charge on any atom is 0.270 e. The lowest BCUT2D eigenvalue weighted by Gasteiger charge is -2.06. The summed E-state index contributed by atoms with van der Waals surface area (Å²) in [5, 5.41) is 13.3. The van der Waals surface area contributed by atoms with Gasteiger partial charge in [-0.25, -0.2) is 10.4 Å². The van der Waals surface area contributed by atoms with E-state index in [-0.39, 0.29) is 18.1 Å². The zero-order valence-corrected chi connectivity index (χ0v) is 14.7. The number of nitriles is 1. The van der Waals surface area contributed by atoms with Gasteiger partial charge < -0.3 is 4.74 Å². The summed E-state index contributed by atoms with van der Waals surface area (Å²) < 4.78 is 5.30. The van der Waals surface area contributed by atoms with Crippen LogP contribution in [0.5, 0.6) is 5.75 Å². The van der Waals surface area contributed by atoms with Crippen molar-refractivity contribution in [1.29, 1.82) is 5.26 Å². The first-order valence-electron chi connectivity index (χ1n) is 8.26. The number of aromatic nitrogens is 2. The van der Waals surface area contributed by atoms with Crippen LogP contribution >= 0.6 is 0 Å². The fourth-order valence-electron chi connectivity index (χ4n) is 2.38. The number of rotatable bonds is 6. The summed E-state index contributed by atoms with van der Waals surface area (Å²) in [6.07, 6.45) is 6.71. The van der Waals surface area contributed by atoms with Gasteiger partial charge in [0.15, 0.2) is 0 Å². The molecule has 0 aliphatic carbocycles. The second-order valence-corrected chi connectivity index (χ2v) is 5.55. The number of nitrogens with zero attached hydrogens (tertiary/aromatic N) is 3. The Balaban J connectivity index is 1.79. The molecule has 0 aliphatic rings. The van der Waals surface area contributed by atoms with Crippen molar-refractivity contribution in [2.75, 3.05) is 12.0 Å². The Morgan fingerprint density at radius 1 is 1.21 bits per heavy atom. The van der Waals surface area contributed by atoms with E-state index in [1.54, 1.807) is 42.6 Å². The first-order chi connectivity index (χ1) is 13.7. The lowest BCUT2D eigenvalue weighted by atomic mass is 10.1. The molecule has 0 spiro atoms. The lowest BCUT2D eigenvalue weighted by Crippen LogP contribution is -2.16. The quantitative estimate of drug-likeness (QED) is 0.395. The van der Waals surface area contributed by atoms with Crippen molar-refractivity contribution in [1.82, 2.24) is 9.97 Å². The molecule has 0 atom stereocenters. The van der Waals surface area contributed by atoms with Gasteiger partial charge in [-0.3, -0.25) is 9.78 Å². The van der Waals surface area contributed by atoms with E-state index < -0.39 is 5.56 Å². The largest absolute Gasteiger partial charge is 0.481 e. The summed E-state index contributed by atoms with van der Waals surface area (Å²) in [7, 11) is 0. The molecule has 3 rings (SSSR count). The average Bonchev–Trinajstić information content (AvgIpc) is 2.73. The monoisotopic (exact) mass is 369 g/mol. The Morgan fingerprint density at radius 2 is 1.96 bits per heavy atom. The van der Waals surface area contributed by atoms with Gasteiger partial charge >= 0.3 is 0 Å². The van der Waals surface area contributed by atoms with Crippen LogP contribution in [0.1, 0.15) is 11.1 Å². The van der Waals surface area contributed by atoms with E-state index in [0.717, 1.165) is 5.56 Å². The van der Waals surface area contributed by atoms with Gasteiger partial charge in [-0.05, 0) is 29.8 Å². The molecule has 0 unspecified atom stereocenters. The second kappa shape index (κ2) is 8.84. The van der Waals surface area contributed by atoms with Gasteiger partial charge in [0.2, 0.25) is 5.95 Å². The zero-order chi connectivity index (χ0) is 19.8. The molecule has 0 bridgehead atoms. The fraction of sp³-hybridized carbons (Fsp3) is 0.0476. The number of ether oxygens (including phenoxy) is 1. The van der Waals surface area contributed by atoms with Crippen LogP contribution < -0.4 is 15.7 Å². The number of hydrazone groups is 1. The van der Waals surface area contributed by atoms with E-state index in [9.17, 15) is 10.1 Å². The SMILES string of the molecule is C#CCOc1ccc(C=NNc2nc(-c3ccccc3)c(C#N)c(=O)[nH]2)cc1. The van der Waals surface area contributed by atoms with Crippen LogP contribution in [0.2, 0.25) is 0 Å². The summed E-state index contributed by atoms with van der Waals surface area (Å²) in [5.41, 5.74) is 3.85. The molecule has 0 aliphatic heterocycles. The van der Waals surface area contributed by atoms with Crippen molar-refractivity contribution in [2.24, 2.45) is 5.10 Å². The summed E-state index contributed by atoms with van der Waals surface area (Å²) in [5.74, 6) is 3.19. The normalized spacial score (nSPS) is 10.2. The van der Waals surface area contributed by atoms with Gasteiger partial charge in [-0.2, -0.15) is 10.4 Å². The summed E-state index contributed by atoms with van der Waals surface area (Å²) >= 11 is 0. The molecule has 0 amide bonds. The molecule has 2 N–H and O–H groups in total. The fourth-order valence-corrected chi connectivity index (χ4v) is 2.38. The number of hydrogen-bond donors (Lipinski definition) is 2. The van der Waals surface area contributed by atoms with Crippen molar-refractivity contribution < 1.29 is 4.74 Å². The Bertz CT molecular complexity index is 1120. The van der Waals surface area contributed by atoms with Crippen molar-refractivity contribution in [3.8, 4) is 35.4 Å². The maximum atomic E-state index is 12.2. The van der Waals surface area contributed by atoms with Gasteiger partial charge in [0.25, 0.3) is 5.56 Å². The highest BCUT2D eigenvalue weighted by atomic mass is 16.5. The van der Waals surface area contributed by atoms with E-state index in [1.807, 2.05) is 24.3 Å². The molecule has 1 aromatic heterocycles. The minimum absolute atomic E-state index is 0.0525. The summed E-state index contributed by atoms with van der Waals surface area (Å²) in [6, 6.07) is 18.1. The number of aromatic amines is 1. The van der Waals surface area contributed by atoms with Crippen LogP contribution in [-0.2, 0) is 0 Å². The van der Waals surface area contributed by atoms with Crippen molar-refractivity contribution in [3.05, 3.63) is 76.1 Å². The lowest BCUT2D eigenvalue weighted by molar-refractivity contribution is 0.370. The molecule has 0 radical (unpaired) electrons. The van der Waals surface area contributed by atoms with Gasteiger partial charge in [0.1, 0.15) is 24.0 Å². The van der Waals surface area contributed by atoms with Gasteiger partial charge in [-0.15, -0.1) is 6.42 Å². The molecule has 7 nitrogen and oxygen atoms in total. The Morgan fingerprint density at radius 3 is 2.64 bits per heavy atom. The third-order valence-electron chi connectivity index (χ3n) is 3.66. The van der Waals surface area contributed by atoms with Crippen molar-refractivity contribution in [2.45, 2.75) is 0 Å². The van der Waals surface area contributed by atoms with E-state index in [2.05, 4.69) is 26.4 Å². The Kier molecular flexibility index (Phi) is 5.82. The van der Waals surface area contributed by atoms with Crippen LogP contribution in [-0.4, -0.2) is 22.8 Å². The second-order valence-electron chi connectivity index (χ2n) is 5.55. The smallest absolute Gasteiger partial charge is 0.270 e. The molecule has 1 heterocycles. The van der Waals surface area contributed by atoms with Crippen LogP contribution in [0, 0.1) is 23.7 Å². The third-order valence-corrected chi connectivity index (χ3v) is 3.66. The minimum atomic E-state index is -0.538. The van der Waals surface area contributed by atoms with E-state index >= 15 is 0 Å². The third kappa shape index (κ3) is 4.43. The highest BCUT2D eigenvalue weighted by Gasteiger charge is 2.12. The van der Waals surface area contributed by atoms with Gasteiger partial charge in [-0.1, -0.05) is 36.3 Å². The number of anilines is 1. The summed E-state index contributed by atoms with van der Waals surface area (Å²) in [4.78, 5) is 19.0. The topological polar surface area (TPSA) is 103 Å². The molecule has 7 heteroatoms. The number of hydrogen-bond acceptors (Lipinski definition) is 6. The molecule has 0 saturated carbocycles. The van der Waals surface area contributed by atoms with Crippen LogP contribution in [0.4, 0.5) is 5.95 Å². The molecule has 0 saturated heterocycles. The summed E-state index contributed by atoms with van der Waals surface area (Å²) in [6.45, 7) is 0.205. The minimum Gasteiger partial charge on any atom is -0.481 e. The first kappa shape index (κ1) is 18.4. The molecular formula is C21H15N5O2. The van der Waals surface area contributed by atoms with Crippen molar-refractivity contribution >= 4 is 12.2 Å². The molecular weight excluding hydrogens is 354 g/mol. The zero-order valence-electron chi connectivity index (χ0n) is 14.7. The molecule has 28 heavy (non-hydrogen) atoms. The van der Waals surface area contributed by atoms with Gasteiger partial charge in [0, 0.05) is 5.56 Å². The van der Waals surface area contributed by atoms with Gasteiger partial charge in [0.05, 0.1) is 11.9 Å². The standard InChI is InChI=1S/C21H15N5O2/c1-2-12-28-17-10-8-15(9-11-17)14-23-26-21-24-19(16-6-4-3-5-7-16)18(13-22)20(27)25-21/h1,3-11,14H,12H2,(H2,24,25,26,27). The highest BCUT2D eigenvalue weighted by Crippen LogP contribution is 2.19. The predicted octanol–water partition coefficient (Wildman–Crippen LogP) is 2.77. The number of benzene rings is 2. The average molecular weight is 369 g/mol. The Hall–Kier alpha value is -4.36.